The fraction of sp³-hybridized carbons (Fsp3) is 0.800. The number of carbonyl (C=O) groups is 6. The first-order valence-corrected chi connectivity index (χ1v) is 16.0. The Balaban J connectivity index is 2.57. The molecular weight excluding hydrogens is 706 g/mol. The second-order valence-corrected chi connectivity index (χ2v) is 11.1. The molecule has 2 heterocycles. The van der Waals surface area contributed by atoms with Crippen molar-refractivity contribution in [2.24, 2.45) is 5.11 Å². The summed E-state index contributed by atoms with van der Waals surface area (Å²) < 4.78 is 66.8. The molecule has 0 aromatic rings. The van der Waals surface area contributed by atoms with Crippen LogP contribution >= 0.6 is 0 Å². The van der Waals surface area contributed by atoms with Crippen LogP contribution in [0.3, 0.4) is 0 Å². The number of aliphatic hydroxyl groups excluding tert-OH is 1. The van der Waals surface area contributed by atoms with Crippen molar-refractivity contribution in [1.82, 2.24) is 0 Å². The molecule has 2 fully saturated rings. The smallest absolute Gasteiger partial charge is 0.303 e. The standard InChI is InChI=1S/C30H45N3O19/c1-15(35)44-13-21-24(26(47-18(4)38)23(32-33-31)29(50-21)43-12-11-42-10-9-41-8-7-34)52-30-28(49-20(6)40)27(48-19(5)39)25(46-17(3)37)22(51-30)14-45-16(2)36/h21-30,34H,7-14H2,1-6H3/t21-,22-,23-,24-,25+,26-,27+,28-,29+,30+/m1/s1. The number of hydrogen-bond acceptors (Lipinski definition) is 20. The molecule has 0 radical (unpaired) electrons. The molecule has 52 heavy (non-hydrogen) atoms. The molecule has 0 saturated carbocycles. The largest absolute Gasteiger partial charge is 0.463 e. The highest BCUT2D eigenvalue weighted by Crippen LogP contribution is 2.35. The Kier molecular flexibility index (Phi) is 19.2. The van der Waals surface area contributed by atoms with Crippen LogP contribution in [0.1, 0.15) is 41.5 Å². The lowest BCUT2D eigenvalue weighted by Gasteiger charge is -2.48. The monoisotopic (exact) mass is 751 g/mol. The maximum atomic E-state index is 12.4. The van der Waals surface area contributed by atoms with Crippen LogP contribution in [0.2, 0.25) is 0 Å². The molecule has 0 bridgehead atoms. The summed E-state index contributed by atoms with van der Waals surface area (Å²) in [5.41, 5.74) is 9.48. The van der Waals surface area contributed by atoms with E-state index in [4.69, 9.17) is 61.9 Å². The predicted octanol–water partition coefficient (Wildman–Crippen LogP) is -0.605. The van der Waals surface area contributed by atoms with E-state index in [0.29, 0.717) is 0 Å². The van der Waals surface area contributed by atoms with Gasteiger partial charge in [-0.25, -0.2) is 0 Å². The lowest BCUT2D eigenvalue weighted by atomic mass is 9.95. The van der Waals surface area contributed by atoms with Gasteiger partial charge in [-0.15, -0.1) is 0 Å². The number of hydrogen-bond donors (Lipinski definition) is 1. The summed E-state index contributed by atoms with van der Waals surface area (Å²) >= 11 is 0. The van der Waals surface area contributed by atoms with Gasteiger partial charge in [0.25, 0.3) is 0 Å². The van der Waals surface area contributed by atoms with Crippen LogP contribution in [-0.4, -0.2) is 155 Å². The zero-order valence-electron chi connectivity index (χ0n) is 29.6. The molecule has 0 amide bonds. The third-order valence-electron chi connectivity index (χ3n) is 6.91. The summed E-state index contributed by atoms with van der Waals surface area (Å²) in [7, 11) is 0. The van der Waals surface area contributed by atoms with Gasteiger partial charge in [0, 0.05) is 46.5 Å². The number of carbonyl (C=O) groups excluding carboxylic acids is 6. The molecule has 0 aliphatic carbocycles. The Hall–Kier alpha value is -4.15. The average molecular weight is 752 g/mol. The number of nitrogens with zero attached hydrogens (tertiary/aromatic N) is 3. The predicted molar refractivity (Wildman–Crippen MR) is 165 cm³/mol. The van der Waals surface area contributed by atoms with Crippen molar-refractivity contribution < 1.29 is 90.7 Å². The van der Waals surface area contributed by atoms with E-state index >= 15 is 0 Å². The van der Waals surface area contributed by atoms with Crippen LogP contribution in [-0.2, 0) is 85.6 Å². The van der Waals surface area contributed by atoms with E-state index in [1.54, 1.807) is 0 Å². The summed E-state index contributed by atoms with van der Waals surface area (Å²) in [6.45, 7) is 5.43. The Bertz CT molecular complexity index is 1260. The van der Waals surface area contributed by atoms with Gasteiger partial charge in [0.1, 0.15) is 43.7 Å². The first kappa shape index (κ1) is 44.0. The average Bonchev–Trinajstić information content (AvgIpc) is 3.04. The van der Waals surface area contributed by atoms with Gasteiger partial charge in [0.2, 0.25) is 0 Å². The van der Waals surface area contributed by atoms with Crippen LogP contribution in [0.25, 0.3) is 10.4 Å². The molecule has 0 aromatic carbocycles. The number of rotatable bonds is 20. The minimum Gasteiger partial charge on any atom is -0.463 e. The second kappa shape index (κ2) is 22.7. The minimum absolute atomic E-state index is 0.00282. The maximum absolute atomic E-state index is 12.4. The summed E-state index contributed by atoms with van der Waals surface area (Å²) in [6, 6.07) is -1.47. The first-order chi connectivity index (χ1) is 24.7. The zero-order valence-corrected chi connectivity index (χ0v) is 29.6. The number of azide groups is 1. The van der Waals surface area contributed by atoms with Crippen molar-refractivity contribution in [3.05, 3.63) is 10.4 Å². The molecule has 22 nitrogen and oxygen atoms in total. The van der Waals surface area contributed by atoms with Gasteiger partial charge in [-0.1, -0.05) is 5.11 Å². The van der Waals surface area contributed by atoms with Crippen molar-refractivity contribution in [2.45, 2.75) is 103 Å². The van der Waals surface area contributed by atoms with Gasteiger partial charge in [-0.3, -0.25) is 28.8 Å². The van der Waals surface area contributed by atoms with Gasteiger partial charge >= 0.3 is 35.8 Å². The maximum Gasteiger partial charge on any atom is 0.303 e. The summed E-state index contributed by atoms with van der Waals surface area (Å²) in [6.07, 6.45) is -14.0. The van der Waals surface area contributed by atoms with Gasteiger partial charge in [0.15, 0.2) is 30.9 Å². The Morgan fingerprint density at radius 3 is 1.58 bits per heavy atom. The molecule has 1 N–H and O–H groups in total. The van der Waals surface area contributed by atoms with Crippen molar-refractivity contribution >= 4 is 35.8 Å². The quantitative estimate of drug-likeness (QED) is 0.0405. The summed E-state index contributed by atoms with van der Waals surface area (Å²) in [5.74, 6) is -5.06. The highest BCUT2D eigenvalue weighted by Gasteiger charge is 2.56. The molecule has 2 aliphatic heterocycles. The molecule has 0 unspecified atom stereocenters. The van der Waals surface area contributed by atoms with Crippen LogP contribution < -0.4 is 0 Å². The molecule has 22 heteroatoms. The van der Waals surface area contributed by atoms with E-state index in [2.05, 4.69) is 10.0 Å². The third kappa shape index (κ3) is 14.8. The fourth-order valence-electron chi connectivity index (χ4n) is 5.10. The van der Waals surface area contributed by atoms with Crippen molar-refractivity contribution in [1.29, 1.82) is 0 Å². The molecule has 2 saturated heterocycles. The van der Waals surface area contributed by atoms with E-state index < -0.39 is 110 Å². The first-order valence-electron chi connectivity index (χ1n) is 16.0. The molecule has 2 aliphatic rings. The van der Waals surface area contributed by atoms with E-state index in [1.807, 2.05) is 0 Å². The number of ether oxygens (including phenoxy) is 12. The van der Waals surface area contributed by atoms with E-state index in [-0.39, 0.29) is 39.6 Å². The molecular formula is C30H45N3O19. The fourth-order valence-corrected chi connectivity index (χ4v) is 5.10. The highest BCUT2D eigenvalue weighted by atomic mass is 16.8. The van der Waals surface area contributed by atoms with E-state index in [0.717, 1.165) is 41.5 Å². The Morgan fingerprint density at radius 2 is 1.06 bits per heavy atom. The van der Waals surface area contributed by atoms with Gasteiger partial charge in [-0.2, -0.15) is 0 Å². The Labute approximate surface area is 298 Å². The third-order valence-corrected chi connectivity index (χ3v) is 6.91. The summed E-state index contributed by atoms with van der Waals surface area (Å²) in [5, 5.41) is 12.5. The van der Waals surface area contributed by atoms with Crippen LogP contribution in [0.15, 0.2) is 5.11 Å². The number of esters is 6. The molecule has 0 spiro atoms. The minimum atomic E-state index is -1.79. The molecule has 0 aromatic heterocycles. The molecule has 2 rings (SSSR count). The lowest BCUT2D eigenvalue weighted by Crippen LogP contribution is -2.66. The SMILES string of the molecule is CC(=O)OC[C@H]1O[C@@H](O[C@H]2[C@H](OC(C)=O)[C@@H](N=[N+]=[N-])[C@@H](OCCOCCOCCO)O[C@@H]2COC(C)=O)[C@H](OC(C)=O)[C@@H](OC(C)=O)[C@H]1OC(C)=O. The van der Waals surface area contributed by atoms with Crippen LogP contribution in [0.4, 0.5) is 0 Å². The van der Waals surface area contributed by atoms with Gasteiger partial charge in [-0.05, 0) is 5.53 Å². The Morgan fingerprint density at radius 1 is 0.596 bits per heavy atom. The van der Waals surface area contributed by atoms with Crippen molar-refractivity contribution in [3.8, 4) is 0 Å². The number of aliphatic hydroxyl groups is 1. The zero-order chi connectivity index (χ0) is 38.8. The van der Waals surface area contributed by atoms with Crippen molar-refractivity contribution in [3.63, 3.8) is 0 Å². The topological polar surface area (TPSA) is 282 Å². The van der Waals surface area contributed by atoms with Crippen molar-refractivity contribution in [2.75, 3.05) is 52.9 Å². The van der Waals surface area contributed by atoms with Gasteiger partial charge in [0.05, 0.1) is 39.6 Å². The van der Waals surface area contributed by atoms with Crippen LogP contribution in [0, 0.1) is 0 Å². The normalized spacial score (nSPS) is 28.4. The second-order valence-electron chi connectivity index (χ2n) is 11.1. The lowest BCUT2D eigenvalue weighted by molar-refractivity contribution is -0.349. The molecule has 10 atom stereocenters. The molecule has 294 valence electrons. The van der Waals surface area contributed by atoms with E-state index in [1.165, 1.54) is 0 Å². The summed E-state index contributed by atoms with van der Waals surface area (Å²) in [4.78, 5) is 75.6. The van der Waals surface area contributed by atoms with E-state index in [9.17, 15) is 34.3 Å². The van der Waals surface area contributed by atoms with Crippen LogP contribution in [0.5, 0.6) is 0 Å². The van der Waals surface area contributed by atoms with Gasteiger partial charge < -0.3 is 61.9 Å². The highest BCUT2D eigenvalue weighted by molar-refractivity contribution is 5.69.